The van der Waals surface area contributed by atoms with Gasteiger partial charge in [-0.25, -0.2) is 4.79 Å². The van der Waals surface area contributed by atoms with E-state index in [1.54, 1.807) is 12.1 Å². The maximum atomic E-state index is 11.9. The molecule has 0 bridgehead atoms. The van der Waals surface area contributed by atoms with Gasteiger partial charge < -0.3 is 48.1 Å². The molecular formula is C49H46O11. The van der Waals surface area contributed by atoms with Crippen LogP contribution < -0.4 is 23.7 Å². The molecule has 11 heteroatoms. The Kier molecular flexibility index (Phi) is 12.8. The summed E-state index contributed by atoms with van der Waals surface area (Å²) >= 11 is 0. The van der Waals surface area contributed by atoms with Crippen molar-refractivity contribution in [2.75, 3.05) is 13.2 Å². The van der Waals surface area contributed by atoms with Crippen molar-refractivity contribution in [3.8, 4) is 28.7 Å². The summed E-state index contributed by atoms with van der Waals surface area (Å²) in [4.78, 5) is 11.9. The van der Waals surface area contributed by atoms with E-state index in [2.05, 4.69) is 0 Å². The first-order valence-corrected chi connectivity index (χ1v) is 19.9. The zero-order valence-corrected chi connectivity index (χ0v) is 32.9. The fourth-order valence-electron chi connectivity index (χ4n) is 7.26. The molecule has 6 aromatic rings. The molecule has 0 amide bonds. The number of carbonyl (C=O) groups is 1. The maximum Gasteiger partial charge on any atom is 0.506 e. The van der Waals surface area contributed by atoms with Crippen LogP contribution in [0, 0.1) is 0 Å². The second-order valence-corrected chi connectivity index (χ2v) is 14.8. The average Bonchev–Trinajstić information content (AvgIpc) is 3.66. The highest BCUT2D eigenvalue weighted by molar-refractivity contribution is 5.58. The number of ether oxygens (including phenoxy) is 8. The predicted octanol–water partition coefficient (Wildman–Crippen LogP) is 9.24. The highest BCUT2D eigenvalue weighted by atomic mass is 16.7. The van der Waals surface area contributed by atoms with Crippen LogP contribution in [-0.2, 0) is 47.1 Å². The second kappa shape index (κ2) is 19.0. The van der Waals surface area contributed by atoms with Crippen molar-refractivity contribution < 1.29 is 52.9 Å². The molecule has 0 radical (unpaired) electrons. The molecule has 2 heterocycles. The molecule has 0 spiro atoms. The van der Waals surface area contributed by atoms with E-state index in [0.29, 0.717) is 53.1 Å². The lowest BCUT2D eigenvalue weighted by Crippen LogP contribution is -2.40. The van der Waals surface area contributed by atoms with Gasteiger partial charge in [0.1, 0.15) is 43.2 Å². The number of benzene rings is 6. The molecule has 308 valence electrons. The van der Waals surface area contributed by atoms with Crippen LogP contribution in [0.3, 0.4) is 0 Å². The lowest BCUT2D eigenvalue weighted by molar-refractivity contribution is -0.0797. The SMILES string of the molecule is O=C(O)O[C@]1(COCc2ccccc2)CO[C@@H](Oc2cc(OCc3ccccc3)cc3c2C[C@H](O)[C@@H](c2ccc(OCc4ccccc4)c(OCc4ccccc4)c2)O3)C1. The summed E-state index contributed by atoms with van der Waals surface area (Å²) in [7, 11) is 0. The number of hydrogen-bond acceptors (Lipinski definition) is 10. The fourth-order valence-corrected chi connectivity index (χ4v) is 7.26. The molecule has 6 aromatic carbocycles. The summed E-state index contributed by atoms with van der Waals surface area (Å²) in [5.41, 5.74) is 3.91. The quantitative estimate of drug-likeness (QED) is 0.0855. The lowest BCUT2D eigenvalue weighted by Gasteiger charge is -2.33. The smallest absolute Gasteiger partial charge is 0.489 e. The largest absolute Gasteiger partial charge is 0.506 e. The molecule has 0 aliphatic carbocycles. The topological polar surface area (TPSA) is 131 Å². The van der Waals surface area contributed by atoms with Crippen molar-refractivity contribution >= 4 is 6.16 Å². The van der Waals surface area contributed by atoms with Crippen molar-refractivity contribution in [2.24, 2.45) is 0 Å². The molecule has 1 saturated heterocycles. The fraction of sp³-hybridized carbons (Fsp3) is 0.245. The van der Waals surface area contributed by atoms with Crippen molar-refractivity contribution in [1.82, 2.24) is 0 Å². The molecule has 0 aromatic heterocycles. The third-order valence-electron chi connectivity index (χ3n) is 10.3. The second-order valence-electron chi connectivity index (χ2n) is 14.8. The van der Waals surface area contributed by atoms with E-state index >= 15 is 0 Å². The van der Waals surface area contributed by atoms with Crippen LogP contribution >= 0.6 is 0 Å². The summed E-state index contributed by atoms with van der Waals surface area (Å²) < 4.78 is 49.3. The molecular weight excluding hydrogens is 765 g/mol. The van der Waals surface area contributed by atoms with E-state index in [1.807, 2.05) is 140 Å². The van der Waals surface area contributed by atoms with E-state index in [4.69, 9.17) is 37.9 Å². The number of aliphatic hydroxyl groups is 1. The highest BCUT2D eigenvalue weighted by Crippen LogP contribution is 2.45. The van der Waals surface area contributed by atoms with Gasteiger partial charge >= 0.3 is 6.16 Å². The molecule has 60 heavy (non-hydrogen) atoms. The predicted molar refractivity (Wildman–Crippen MR) is 221 cm³/mol. The number of fused-ring (bicyclic) bond motifs is 1. The molecule has 11 nitrogen and oxygen atoms in total. The van der Waals surface area contributed by atoms with E-state index in [0.717, 1.165) is 22.3 Å². The molecule has 4 atom stereocenters. The van der Waals surface area contributed by atoms with Crippen LogP contribution in [0.1, 0.15) is 45.9 Å². The van der Waals surface area contributed by atoms with Crippen LogP contribution in [0.5, 0.6) is 28.7 Å². The molecule has 2 N–H and O–H groups in total. The Bertz CT molecular complexity index is 2310. The van der Waals surface area contributed by atoms with Gasteiger partial charge in [-0.1, -0.05) is 127 Å². The van der Waals surface area contributed by atoms with Crippen LogP contribution in [0.2, 0.25) is 0 Å². The first-order chi connectivity index (χ1) is 29.4. The normalized spacial score (nSPS) is 19.4. The van der Waals surface area contributed by atoms with Gasteiger partial charge in [-0.2, -0.15) is 0 Å². The lowest BCUT2D eigenvalue weighted by atomic mass is 9.93. The standard InChI is InChI=1S/C49H46O11/c50-41-26-40-43(58-46-27-49(33-57-46,60-48(51)52)32-53-28-34-13-5-1-6-14-34)24-39(54-29-35-15-7-2-8-16-35)25-44(40)59-47(41)38-21-22-42(55-30-36-17-9-3-10-18-36)45(23-38)56-31-37-19-11-4-12-20-37/h1-25,41,46-47,50H,26-33H2,(H,51,52)/t41-,46-,47+,49+/m0/s1. The van der Waals surface area contributed by atoms with Gasteiger partial charge in [0.05, 0.1) is 32.3 Å². The van der Waals surface area contributed by atoms with Crippen LogP contribution in [0.4, 0.5) is 4.79 Å². The Morgan fingerprint density at radius 1 is 0.650 bits per heavy atom. The summed E-state index contributed by atoms with van der Waals surface area (Å²) in [5, 5.41) is 21.4. The number of aliphatic hydroxyl groups excluding tert-OH is 1. The van der Waals surface area contributed by atoms with Gasteiger partial charge in [0.15, 0.2) is 17.1 Å². The van der Waals surface area contributed by atoms with Crippen LogP contribution in [0.15, 0.2) is 152 Å². The van der Waals surface area contributed by atoms with Crippen molar-refractivity contribution in [3.05, 3.63) is 185 Å². The molecule has 2 aliphatic rings. The zero-order chi connectivity index (χ0) is 41.2. The van der Waals surface area contributed by atoms with E-state index < -0.39 is 30.3 Å². The minimum Gasteiger partial charge on any atom is -0.489 e. The Hall–Kier alpha value is -6.53. The van der Waals surface area contributed by atoms with Gasteiger partial charge in [0, 0.05) is 24.1 Å². The van der Waals surface area contributed by atoms with Crippen LogP contribution in [-0.4, -0.2) is 47.6 Å². The Morgan fingerprint density at radius 2 is 1.22 bits per heavy atom. The highest BCUT2D eigenvalue weighted by Gasteiger charge is 2.46. The summed E-state index contributed by atoms with van der Waals surface area (Å²) in [5.74, 6) is 2.36. The first kappa shape index (κ1) is 40.3. The van der Waals surface area contributed by atoms with Crippen LogP contribution in [0.25, 0.3) is 0 Å². The zero-order valence-electron chi connectivity index (χ0n) is 32.9. The molecule has 0 saturated carbocycles. The van der Waals surface area contributed by atoms with Gasteiger partial charge in [-0.15, -0.1) is 0 Å². The van der Waals surface area contributed by atoms with Crippen molar-refractivity contribution in [1.29, 1.82) is 0 Å². The van der Waals surface area contributed by atoms with Gasteiger partial charge in [0.2, 0.25) is 6.29 Å². The van der Waals surface area contributed by atoms with Crippen molar-refractivity contribution in [2.45, 2.75) is 63.4 Å². The Balaban J connectivity index is 1.04. The molecule has 8 rings (SSSR count). The average molecular weight is 811 g/mol. The molecule has 1 fully saturated rings. The third kappa shape index (κ3) is 10.4. The third-order valence-corrected chi connectivity index (χ3v) is 10.3. The minimum absolute atomic E-state index is 0.0387. The summed E-state index contributed by atoms with van der Waals surface area (Å²) in [6.07, 6.45) is -3.87. The number of hydrogen-bond donors (Lipinski definition) is 2. The maximum absolute atomic E-state index is 11.9. The first-order valence-electron chi connectivity index (χ1n) is 19.9. The molecule has 2 aliphatic heterocycles. The summed E-state index contributed by atoms with van der Waals surface area (Å²) in [6, 6.07) is 48.2. The molecule has 0 unspecified atom stereocenters. The van der Waals surface area contributed by atoms with Crippen molar-refractivity contribution in [3.63, 3.8) is 0 Å². The van der Waals surface area contributed by atoms with E-state index in [1.165, 1.54) is 0 Å². The monoisotopic (exact) mass is 810 g/mol. The Labute approximate surface area is 348 Å². The van der Waals surface area contributed by atoms with E-state index in [-0.39, 0.29) is 39.3 Å². The Morgan fingerprint density at radius 3 is 1.82 bits per heavy atom. The number of carboxylic acid groups (broad SMARTS) is 1. The van der Waals surface area contributed by atoms with Gasteiger partial charge in [-0.05, 0) is 39.9 Å². The van der Waals surface area contributed by atoms with Gasteiger partial charge in [0.25, 0.3) is 0 Å². The van der Waals surface area contributed by atoms with Gasteiger partial charge in [-0.3, -0.25) is 0 Å². The number of rotatable bonds is 17. The van der Waals surface area contributed by atoms with E-state index in [9.17, 15) is 15.0 Å². The minimum atomic E-state index is -1.44. The summed E-state index contributed by atoms with van der Waals surface area (Å²) in [6.45, 7) is 1.10.